The van der Waals surface area contributed by atoms with Crippen molar-refractivity contribution >= 4 is 12.4 Å². The van der Waals surface area contributed by atoms with Crippen LogP contribution in [0.1, 0.15) is 38.3 Å². The van der Waals surface area contributed by atoms with Crippen LogP contribution in [-0.4, -0.2) is 12.6 Å². The van der Waals surface area contributed by atoms with Crippen LogP contribution in [0.25, 0.3) is 0 Å². The number of benzene rings is 1. The van der Waals surface area contributed by atoms with Gasteiger partial charge in [-0.2, -0.15) is 0 Å². The van der Waals surface area contributed by atoms with Gasteiger partial charge < -0.3 is 10.5 Å². The van der Waals surface area contributed by atoms with Crippen molar-refractivity contribution in [3.05, 3.63) is 29.3 Å². The first kappa shape index (κ1) is 14.3. The molecule has 0 spiro atoms. The lowest BCUT2D eigenvalue weighted by atomic mass is 9.66. The van der Waals surface area contributed by atoms with Crippen LogP contribution in [0.15, 0.2) is 18.2 Å². The molecule has 2 N–H and O–H groups in total. The van der Waals surface area contributed by atoms with Crippen LogP contribution in [0.3, 0.4) is 0 Å². The summed E-state index contributed by atoms with van der Waals surface area (Å²) in [6.07, 6.45) is 1.97. The number of fused-ring (bicyclic) bond motifs is 1. The van der Waals surface area contributed by atoms with Gasteiger partial charge in [-0.1, -0.05) is 19.9 Å². The summed E-state index contributed by atoms with van der Waals surface area (Å²) in [7, 11) is 1.71. The highest BCUT2D eigenvalue weighted by atomic mass is 35.5. The van der Waals surface area contributed by atoms with Crippen LogP contribution < -0.4 is 10.5 Å². The summed E-state index contributed by atoms with van der Waals surface area (Å²) in [4.78, 5) is 0. The number of methoxy groups -OCH3 is 1. The van der Waals surface area contributed by atoms with E-state index in [1.165, 1.54) is 11.1 Å². The third-order valence-corrected chi connectivity index (χ3v) is 3.49. The van der Waals surface area contributed by atoms with Gasteiger partial charge in [0.15, 0.2) is 0 Å². The van der Waals surface area contributed by atoms with Crippen molar-refractivity contribution in [3.8, 4) is 5.75 Å². The largest absolute Gasteiger partial charge is 0.497 e. The topological polar surface area (TPSA) is 35.2 Å². The Bertz CT molecular complexity index is 413. The number of halogens is 1. The molecule has 0 radical (unpaired) electrons. The molecule has 1 aromatic rings. The van der Waals surface area contributed by atoms with Crippen molar-refractivity contribution in [2.75, 3.05) is 7.11 Å². The zero-order valence-corrected chi connectivity index (χ0v) is 11.9. The highest BCUT2D eigenvalue weighted by Crippen LogP contribution is 2.41. The summed E-state index contributed by atoms with van der Waals surface area (Å²) < 4.78 is 5.29. The zero-order chi connectivity index (χ0) is 12.0. The van der Waals surface area contributed by atoms with Gasteiger partial charge in [0.2, 0.25) is 0 Å². The molecule has 1 atom stereocenters. The number of ether oxygens (including phenoxy) is 1. The van der Waals surface area contributed by atoms with Crippen molar-refractivity contribution in [1.29, 1.82) is 0 Å². The van der Waals surface area contributed by atoms with Crippen molar-refractivity contribution in [2.24, 2.45) is 5.73 Å². The molecule has 0 aliphatic heterocycles. The Morgan fingerprint density at radius 3 is 2.47 bits per heavy atom. The maximum atomic E-state index is 6.31. The van der Waals surface area contributed by atoms with E-state index in [0.29, 0.717) is 0 Å². The fourth-order valence-corrected chi connectivity index (χ4v) is 3.07. The first-order chi connectivity index (χ1) is 7.34. The third-order valence-electron chi connectivity index (χ3n) is 3.49. The van der Waals surface area contributed by atoms with Crippen LogP contribution in [-0.2, 0) is 11.8 Å². The molecular weight excluding hydrogens is 234 g/mol. The van der Waals surface area contributed by atoms with Crippen molar-refractivity contribution in [2.45, 2.75) is 44.6 Å². The SMILES string of the molecule is COc1ccc2c(c1)C(C)(C)CC(C)(N)C2.Cl. The molecule has 1 aliphatic rings. The Morgan fingerprint density at radius 1 is 1.24 bits per heavy atom. The number of hydrogen-bond donors (Lipinski definition) is 1. The summed E-state index contributed by atoms with van der Waals surface area (Å²) in [6, 6.07) is 6.33. The molecule has 1 aliphatic carbocycles. The molecule has 0 heterocycles. The van der Waals surface area contributed by atoms with Gasteiger partial charge in [-0.15, -0.1) is 12.4 Å². The molecule has 1 unspecified atom stereocenters. The van der Waals surface area contributed by atoms with Crippen LogP contribution in [0.4, 0.5) is 0 Å². The summed E-state index contributed by atoms with van der Waals surface area (Å²) in [5.41, 5.74) is 9.09. The van der Waals surface area contributed by atoms with Crippen molar-refractivity contribution in [1.82, 2.24) is 0 Å². The van der Waals surface area contributed by atoms with E-state index in [1.54, 1.807) is 7.11 Å². The molecule has 0 bridgehead atoms. The zero-order valence-electron chi connectivity index (χ0n) is 11.0. The van der Waals surface area contributed by atoms with Crippen LogP contribution in [0, 0.1) is 0 Å². The van der Waals surface area contributed by atoms with E-state index in [9.17, 15) is 0 Å². The second-order valence-corrected chi connectivity index (χ2v) is 5.91. The molecule has 96 valence electrons. The summed E-state index contributed by atoms with van der Waals surface area (Å²) in [5, 5.41) is 0. The predicted octanol–water partition coefficient (Wildman–Crippen LogP) is 3.06. The van der Waals surface area contributed by atoms with E-state index in [1.807, 2.05) is 6.07 Å². The van der Waals surface area contributed by atoms with Gasteiger partial charge >= 0.3 is 0 Å². The van der Waals surface area contributed by atoms with Gasteiger partial charge in [-0.05, 0) is 48.4 Å². The lowest BCUT2D eigenvalue weighted by molar-refractivity contribution is 0.297. The molecular formula is C14H22ClNO. The Hall–Kier alpha value is -0.730. The van der Waals surface area contributed by atoms with Gasteiger partial charge in [-0.25, -0.2) is 0 Å². The first-order valence-electron chi connectivity index (χ1n) is 5.80. The molecule has 0 aromatic heterocycles. The van der Waals surface area contributed by atoms with E-state index in [2.05, 4.69) is 32.9 Å². The molecule has 3 heteroatoms. The lowest BCUT2D eigenvalue weighted by Crippen LogP contribution is -2.48. The van der Waals surface area contributed by atoms with E-state index in [0.717, 1.165) is 18.6 Å². The summed E-state index contributed by atoms with van der Waals surface area (Å²) >= 11 is 0. The Balaban J connectivity index is 0.00000144. The van der Waals surface area contributed by atoms with Crippen LogP contribution in [0.5, 0.6) is 5.75 Å². The van der Waals surface area contributed by atoms with E-state index >= 15 is 0 Å². The lowest BCUT2D eigenvalue weighted by Gasteiger charge is -2.42. The molecule has 2 rings (SSSR count). The average molecular weight is 256 g/mol. The van der Waals surface area contributed by atoms with Gasteiger partial charge in [0.25, 0.3) is 0 Å². The highest BCUT2D eigenvalue weighted by Gasteiger charge is 2.37. The molecule has 0 saturated heterocycles. The minimum atomic E-state index is -0.0922. The molecule has 17 heavy (non-hydrogen) atoms. The smallest absolute Gasteiger partial charge is 0.119 e. The van der Waals surface area contributed by atoms with Gasteiger partial charge in [0, 0.05) is 5.54 Å². The maximum Gasteiger partial charge on any atom is 0.119 e. The first-order valence-corrected chi connectivity index (χ1v) is 5.80. The van der Waals surface area contributed by atoms with E-state index in [4.69, 9.17) is 10.5 Å². The second-order valence-electron chi connectivity index (χ2n) is 5.91. The molecule has 2 nitrogen and oxygen atoms in total. The van der Waals surface area contributed by atoms with E-state index < -0.39 is 0 Å². The Labute approximate surface area is 110 Å². The summed E-state index contributed by atoms with van der Waals surface area (Å²) in [6.45, 7) is 6.66. The molecule has 0 fully saturated rings. The standard InChI is InChI=1S/C14H21NO.ClH/c1-13(2)9-14(3,15)8-10-5-6-11(16-4)7-12(10)13;/h5-7H,8-9,15H2,1-4H3;1H. The van der Waals surface area contributed by atoms with Crippen molar-refractivity contribution < 1.29 is 4.74 Å². The highest BCUT2D eigenvalue weighted by molar-refractivity contribution is 5.85. The quantitative estimate of drug-likeness (QED) is 0.837. The Morgan fingerprint density at radius 2 is 1.88 bits per heavy atom. The van der Waals surface area contributed by atoms with E-state index in [-0.39, 0.29) is 23.4 Å². The van der Waals surface area contributed by atoms with Gasteiger partial charge in [0.1, 0.15) is 5.75 Å². The monoisotopic (exact) mass is 255 g/mol. The fourth-order valence-electron chi connectivity index (χ4n) is 3.07. The maximum absolute atomic E-state index is 6.31. The predicted molar refractivity (Wildman–Crippen MR) is 74.2 cm³/mol. The second kappa shape index (κ2) is 4.51. The third kappa shape index (κ3) is 2.75. The normalized spacial score (nSPS) is 25.7. The minimum Gasteiger partial charge on any atom is -0.497 e. The summed E-state index contributed by atoms with van der Waals surface area (Å²) in [5.74, 6) is 0.937. The van der Waals surface area contributed by atoms with Gasteiger partial charge in [-0.3, -0.25) is 0 Å². The minimum absolute atomic E-state index is 0. The van der Waals surface area contributed by atoms with Crippen LogP contribution in [0.2, 0.25) is 0 Å². The van der Waals surface area contributed by atoms with Gasteiger partial charge in [0.05, 0.1) is 7.11 Å². The number of hydrogen-bond acceptors (Lipinski definition) is 2. The molecule has 1 aromatic carbocycles. The molecule has 0 saturated carbocycles. The average Bonchev–Trinajstić information content (AvgIpc) is 2.14. The Kier molecular flexibility index (Phi) is 3.80. The molecule has 0 amide bonds. The number of nitrogens with two attached hydrogens (primary N) is 1. The fraction of sp³-hybridized carbons (Fsp3) is 0.571. The van der Waals surface area contributed by atoms with Crippen LogP contribution >= 0.6 is 12.4 Å². The number of rotatable bonds is 1. The van der Waals surface area contributed by atoms with Crippen molar-refractivity contribution in [3.63, 3.8) is 0 Å².